The Hall–Kier alpha value is -1.42. The molecule has 0 heterocycles. The molecule has 1 nitrogen and oxygen atoms in total. The Morgan fingerprint density at radius 1 is 1.00 bits per heavy atom. The van der Waals surface area contributed by atoms with Crippen molar-refractivity contribution in [3.05, 3.63) is 64.1 Å². The SMILES string of the molecule is CC(Nc1cc(F)cc(F)c1)c1ccc(Br)cc1. The highest BCUT2D eigenvalue weighted by molar-refractivity contribution is 9.10. The smallest absolute Gasteiger partial charge is 0.128 e. The van der Waals surface area contributed by atoms with Crippen LogP contribution in [0.3, 0.4) is 0 Å². The van der Waals surface area contributed by atoms with Crippen LogP contribution in [0.15, 0.2) is 46.9 Å². The molecule has 0 saturated carbocycles. The number of nitrogens with one attached hydrogen (secondary N) is 1. The van der Waals surface area contributed by atoms with Crippen molar-refractivity contribution >= 4 is 21.6 Å². The van der Waals surface area contributed by atoms with E-state index in [9.17, 15) is 8.78 Å². The van der Waals surface area contributed by atoms with Gasteiger partial charge < -0.3 is 5.32 Å². The van der Waals surface area contributed by atoms with Crippen molar-refractivity contribution in [3.63, 3.8) is 0 Å². The fourth-order valence-electron chi connectivity index (χ4n) is 1.72. The Kier molecular flexibility index (Phi) is 3.97. The third-order valence-corrected chi connectivity index (χ3v) is 3.14. The lowest BCUT2D eigenvalue weighted by atomic mass is 10.1. The number of halogens is 3. The number of anilines is 1. The Morgan fingerprint density at radius 2 is 1.56 bits per heavy atom. The summed E-state index contributed by atoms with van der Waals surface area (Å²) in [6, 6.07) is 11.2. The molecular weight excluding hydrogens is 300 g/mol. The standard InChI is InChI=1S/C14H12BrF2N/c1-9(10-2-4-11(15)5-3-10)18-14-7-12(16)6-13(17)8-14/h2-9,18H,1H3. The minimum Gasteiger partial charge on any atom is -0.378 e. The van der Waals surface area contributed by atoms with Crippen LogP contribution in [0.25, 0.3) is 0 Å². The monoisotopic (exact) mass is 311 g/mol. The zero-order valence-electron chi connectivity index (χ0n) is 9.75. The minimum atomic E-state index is -0.583. The Balaban J connectivity index is 2.15. The van der Waals surface area contributed by atoms with Crippen molar-refractivity contribution in [1.82, 2.24) is 0 Å². The topological polar surface area (TPSA) is 12.0 Å². The molecule has 4 heteroatoms. The molecule has 0 radical (unpaired) electrons. The van der Waals surface area contributed by atoms with Gasteiger partial charge in [0.1, 0.15) is 11.6 Å². The Labute approximate surface area is 113 Å². The fourth-order valence-corrected chi connectivity index (χ4v) is 1.99. The summed E-state index contributed by atoms with van der Waals surface area (Å²) in [5.74, 6) is -1.17. The van der Waals surface area contributed by atoms with E-state index in [1.165, 1.54) is 12.1 Å². The predicted molar refractivity (Wildman–Crippen MR) is 72.5 cm³/mol. The molecule has 1 atom stereocenters. The van der Waals surface area contributed by atoms with Crippen LogP contribution in [0.5, 0.6) is 0 Å². The normalized spacial score (nSPS) is 12.2. The number of benzene rings is 2. The molecule has 1 N–H and O–H groups in total. The van der Waals surface area contributed by atoms with Gasteiger partial charge >= 0.3 is 0 Å². The molecule has 0 spiro atoms. The largest absolute Gasteiger partial charge is 0.378 e. The molecular formula is C14H12BrF2N. The quantitative estimate of drug-likeness (QED) is 0.850. The van der Waals surface area contributed by atoms with Crippen molar-refractivity contribution in [2.24, 2.45) is 0 Å². The predicted octanol–water partition coefficient (Wildman–Crippen LogP) is 4.90. The molecule has 0 fully saturated rings. The van der Waals surface area contributed by atoms with Gasteiger partial charge in [0.05, 0.1) is 0 Å². The van der Waals surface area contributed by atoms with Crippen LogP contribution in [-0.4, -0.2) is 0 Å². The van der Waals surface area contributed by atoms with Crippen LogP contribution < -0.4 is 5.32 Å². The van der Waals surface area contributed by atoms with E-state index >= 15 is 0 Å². The van der Waals surface area contributed by atoms with E-state index < -0.39 is 11.6 Å². The lowest BCUT2D eigenvalue weighted by Crippen LogP contribution is -2.06. The van der Waals surface area contributed by atoms with E-state index in [2.05, 4.69) is 21.2 Å². The molecule has 0 amide bonds. The van der Waals surface area contributed by atoms with E-state index in [-0.39, 0.29) is 6.04 Å². The average Bonchev–Trinajstić information content (AvgIpc) is 2.28. The molecule has 1 unspecified atom stereocenters. The van der Waals surface area contributed by atoms with Crippen molar-refractivity contribution in [1.29, 1.82) is 0 Å². The van der Waals surface area contributed by atoms with Gasteiger partial charge in [0.2, 0.25) is 0 Å². The van der Waals surface area contributed by atoms with Gasteiger partial charge in [0, 0.05) is 22.3 Å². The average molecular weight is 312 g/mol. The van der Waals surface area contributed by atoms with Gasteiger partial charge in [-0.25, -0.2) is 8.78 Å². The Morgan fingerprint density at radius 3 is 2.11 bits per heavy atom. The first-order valence-corrected chi connectivity index (χ1v) is 6.32. The molecule has 2 aromatic rings. The zero-order valence-corrected chi connectivity index (χ0v) is 11.3. The summed E-state index contributed by atoms with van der Waals surface area (Å²) in [6.07, 6.45) is 0. The van der Waals surface area contributed by atoms with Gasteiger partial charge in [-0.1, -0.05) is 28.1 Å². The summed E-state index contributed by atoms with van der Waals surface area (Å²) in [7, 11) is 0. The van der Waals surface area contributed by atoms with Crippen LogP contribution in [0.2, 0.25) is 0 Å². The molecule has 2 aromatic carbocycles. The Bertz CT molecular complexity index is 520. The first kappa shape index (κ1) is 13.0. The maximum atomic E-state index is 13.0. The summed E-state index contributed by atoms with van der Waals surface area (Å²) < 4.78 is 27.1. The molecule has 18 heavy (non-hydrogen) atoms. The minimum absolute atomic E-state index is 0.0284. The van der Waals surface area contributed by atoms with E-state index in [0.29, 0.717) is 5.69 Å². The third kappa shape index (κ3) is 3.29. The maximum absolute atomic E-state index is 13.0. The van der Waals surface area contributed by atoms with Gasteiger partial charge in [-0.3, -0.25) is 0 Å². The molecule has 2 rings (SSSR count). The maximum Gasteiger partial charge on any atom is 0.128 e. The molecule has 0 bridgehead atoms. The zero-order chi connectivity index (χ0) is 13.1. The second-order valence-electron chi connectivity index (χ2n) is 4.08. The highest BCUT2D eigenvalue weighted by Crippen LogP contribution is 2.22. The third-order valence-electron chi connectivity index (χ3n) is 2.62. The van der Waals surface area contributed by atoms with Gasteiger partial charge in [-0.2, -0.15) is 0 Å². The van der Waals surface area contributed by atoms with Gasteiger partial charge in [0.15, 0.2) is 0 Å². The summed E-state index contributed by atoms with van der Waals surface area (Å²) in [5, 5.41) is 3.06. The van der Waals surface area contributed by atoms with Crippen molar-refractivity contribution in [2.75, 3.05) is 5.32 Å². The summed E-state index contributed by atoms with van der Waals surface area (Å²) in [6.45, 7) is 1.94. The number of hydrogen-bond donors (Lipinski definition) is 1. The first-order valence-electron chi connectivity index (χ1n) is 5.53. The highest BCUT2D eigenvalue weighted by atomic mass is 79.9. The van der Waals surface area contributed by atoms with Gasteiger partial charge in [-0.15, -0.1) is 0 Å². The molecule has 0 saturated heterocycles. The van der Waals surface area contributed by atoms with E-state index in [0.717, 1.165) is 16.1 Å². The molecule has 94 valence electrons. The van der Waals surface area contributed by atoms with Crippen molar-refractivity contribution in [3.8, 4) is 0 Å². The fraction of sp³-hybridized carbons (Fsp3) is 0.143. The summed E-state index contributed by atoms with van der Waals surface area (Å²) in [4.78, 5) is 0. The van der Waals surface area contributed by atoms with E-state index in [1.807, 2.05) is 31.2 Å². The van der Waals surface area contributed by atoms with E-state index in [4.69, 9.17) is 0 Å². The number of hydrogen-bond acceptors (Lipinski definition) is 1. The van der Waals surface area contributed by atoms with Gasteiger partial charge in [-0.05, 0) is 36.8 Å². The van der Waals surface area contributed by atoms with Gasteiger partial charge in [0.25, 0.3) is 0 Å². The number of rotatable bonds is 3. The molecule has 0 aliphatic rings. The summed E-state index contributed by atoms with van der Waals surface area (Å²) in [5.41, 5.74) is 1.48. The van der Waals surface area contributed by atoms with Crippen LogP contribution >= 0.6 is 15.9 Å². The lowest BCUT2D eigenvalue weighted by molar-refractivity contribution is 0.583. The van der Waals surface area contributed by atoms with Crippen LogP contribution in [-0.2, 0) is 0 Å². The molecule has 0 aliphatic carbocycles. The van der Waals surface area contributed by atoms with Crippen LogP contribution in [0.4, 0.5) is 14.5 Å². The lowest BCUT2D eigenvalue weighted by Gasteiger charge is -2.16. The van der Waals surface area contributed by atoms with Crippen molar-refractivity contribution < 1.29 is 8.78 Å². The summed E-state index contributed by atoms with van der Waals surface area (Å²) >= 11 is 3.36. The second kappa shape index (κ2) is 5.48. The van der Waals surface area contributed by atoms with Crippen LogP contribution in [0, 0.1) is 11.6 Å². The molecule has 0 aliphatic heterocycles. The second-order valence-corrected chi connectivity index (χ2v) is 4.99. The highest BCUT2D eigenvalue weighted by Gasteiger charge is 2.07. The first-order chi connectivity index (χ1) is 8.54. The van der Waals surface area contributed by atoms with Crippen LogP contribution in [0.1, 0.15) is 18.5 Å². The molecule has 0 aromatic heterocycles. The van der Waals surface area contributed by atoms with Crippen molar-refractivity contribution in [2.45, 2.75) is 13.0 Å². The van der Waals surface area contributed by atoms with E-state index in [1.54, 1.807) is 0 Å².